The van der Waals surface area contributed by atoms with Gasteiger partial charge in [-0.25, -0.2) is 0 Å². The Hall–Kier alpha value is 0.390. The molecule has 0 aromatic heterocycles. The van der Waals surface area contributed by atoms with Gasteiger partial charge < -0.3 is 0 Å². The molecule has 0 unspecified atom stereocenters. The van der Waals surface area contributed by atoms with E-state index in [4.69, 9.17) is 11.6 Å². The van der Waals surface area contributed by atoms with Gasteiger partial charge in [-0.05, 0) is 44.9 Å². The molecule has 0 aromatic carbocycles. The Kier molecular flexibility index (Phi) is 5.77. The Morgan fingerprint density at radius 3 is 1.65 bits per heavy atom. The normalized spacial score (nSPS) is 24.1. The van der Waals surface area contributed by atoms with Crippen LogP contribution in [-0.2, 0) is 4.79 Å². The Balaban J connectivity index is 2.02. The van der Waals surface area contributed by atoms with Crippen LogP contribution in [0.25, 0.3) is 0 Å². The zero-order valence-corrected chi connectivity index (χ0v) is 12.3. The minimum Gasteiger partial charge on any atom is -0.293 e. The van der Waals surface area contributed by atoms with Crippen LogP contribution in [0, 0.1) is 0 Å². The maximum absolute atomic E-state index is 12.2. The highest BCUT2D eigenvalue weighted by Crippen LogP contribution is 2.56. The topological polar surface area (TPSA) is 17.1 Å². The third kappa shape index (κ3) is 3.67. The molecular formula is C14H24ClOP. The van der Waals surface area contributed by atoms with Gasteiger partial charge in [-0.2, -0.15) is 0 Å². The summed E-state index contributed by atoms with van der Waals surface area (Å²) in [5.41, 5.74) is 1.83. The van der Waals surface area contributed by atoms with Crippen LogP contribution in [-0.4, -0.2) is 22.7 Å². The van der Waals surface area contributed by atoms with Crippen molar-refractivity contribution in [3.63, 3.8) is 0 Å². The lowest BCUT2D eigenvalue weighted by Gasteiger charge is -2.36. The summed E-state index contributed by atoms with van der Waals surface area (Å²) in [6.07, 6.45) is 13.3. The number of hydrogen-bond acceptors (Lipinski definition) is 1. The highest BCUT2D eigenvalue weighted by Gasteiger charge is 2.35. The lowest BCUT2D eigenvalue weighted by Crippen LogP contribution is -2.24. The third-order valence-electron chi connectivity index (χ3n) is 4.34. The molecule has 2 rings (SSSR count). The first kappa shape index (κ1) is 13.8. The van der Waals surface area contributed by atoms with Crippen molar-refractivity contribution < 1.29 is 4.79 Å². The molecule has 0 amide bonds. The predicted octanol–water partition coefficient (Wildman–Crippen LogP) is 4.90. The fraction of sp³-hybridized carbons (Fsp3) is 0.929. The van der Waals surface area contributed by atoms with E-state index in [1.165, 1.54) is 64.2 Å². The Labute approximate surface area is 111 Å². The van der Waals surface area contributed by atoms with Gasteiger partial charge in [0, 0.05) is 0 Å². The van der Waals surface area contributed by atoms with Crippen LogP contribution in [0.4, 0.5) is 0 Å². The Morgan fingerprint density at radius 2 is 1.29 bits per heavy atom. The van der Waals surface area contributed by atoms with E-state index in [0.717, 1.165) is 0 Å². The smallest absolute Gasteiger partial charge is 0.169 e. The monoisotopic (exact) mass is 274 g/mol. The summed E-state index contributed by atoms with van der Waals surface area (Å²) in [4.78, 5) is 12.2. The maximum Gasteiger partial charge on any atom is 0.169 e. The summed E-state index contributed by atoms with van der Waals surface area (Å²) in [7, 11) is -0.429. The highest BCUT2D eigenvalue weighted by molar-refractivity contribution is 7.76. The van der Waals surface area contributed by atoms with E-state index >= 15 is 0 Å². The number of carbonyl (C=O) groups excluding carboxylic acids is 1. The molecule has 0 radical (unpaired) electrons. The van der Waals surface area contributed by atoms with Crippen molar-refractivity contribution in [1.82, 2.24) is 0 Å². The van der Waals surface area contributed by atoms with E-state index in [-0.39, 0.29) is 5.88 Å². The standard InChI is InChI=1S/C14H24ClOP/c15-11-14(16)17(12-7-3-1-4-8-12)13-9-5-2-6-10-13/h12-13H,1-11H2. The number of carbonyl (C=O) groups is 1. The van der Waals surface area contributed by atoms with Gasteiger partial charge in [0.05, 0.1) is 5.88 Å². The average molecular weight is 275 g/mol. The van der Waals surface area contributed by atoms with E-state index < -0.39 is 7.92 Å². The summed E-state index contributed by atoms with van der Waals surface area (Å²) in [6, 6.07) is 0. The molecule has 0 aromatic rings. The maximum atomic E-state index is 12.2. The molecule has 1 nitrogen and oxygen atoms in total. The SMILES string of the molecule is O=C(CCl)P(C1CCCCC1)C1CCCCC1. The third-order valence-corrected chi connectivity index (χ3v) is 8.11. The zero-order chi connectivity index (χ0) is 12.1. The molecule has 0 bridgehead atoms. The van der Waals surface area contributed by atoms with Crippen LogP contribution in [0.15, 0.2) is 0 Å². The number of hydrogen-bond donors (Lipinski definition) is 0. The predicted molar refractivity (Wildman–Crippen MR) is 76.4 cm³/mol. The lowest BCUT2D eigenvalue weighted by molar-refractivity contribution is -0.109. The van der Waals surface area contributed by atoms with E-state index in [0.29, 0.717) is 16.8 Å². The minimum absolute atomic E-state index is 0.263. The fourth-order valence-corrected chi connectivity index (χ4v) is 7.30. The van der Waals surface area contributed by atoms with Crippen molar-refractivity contribution in [3.8, 4) is 0 Å². The van der Waals surface area contributed by atoms with Crippen LogP contribution in [0.5, 0.6) is 0 Å². The molecule has 0 atom stereocenters. The van der Waals surface area contributed by atoms with Crippen molar-refractivity contribution in [2.45, 2.75) is 75.5 Å². The van der Waals surface area contributed by atoms with Gasteiger partial charge in [0.1, 0.15) is 0 Å². The van der Waals surface area contributed by atoms with Crippen LogP contribution in [0.2, 0.25) is 0 Å². The molecular weight excluding hydrogens is 251 g/mol. The van der Waals surface area contributed by atoms with Gasteiger partial charge in [-0.15, -0.1) is 11.6 Å². The quantitative estimate of drug-likeness (QED) is 0.526. The average Bonchev–Trinajstić information content (AvgIpc) is 2.41. The van der Waals surface area contributed by atoms with Crippen molar-refractivity contribution in [3.05, 3.63) is 0 Å². The molecule has 2 saturated carbocycles. The number of alkyl halides is 1. The molecule has 0 N–H and O–H groups in total. The second-order valence-electron chi connectivity index (χ2n) is 5.52. The number of halogens is 1. The highest BCUT2D eigenvalue weighted by atomic mass is 35.5. The van der Waals surface area contributed by atoms with Gasteiger partial charge in [0.15, 0.2) is 5.52 Å². The first-order chi connectivity index (χ1) is 8.33. The lowest BCUT2D eigenvalue weighted by atomic mass is 9.99. The summed E-state index contributed by atoms with van der Waals surface area (Å²) in [6.45, 7) is 0. The first-order valence-corrected chi connectivity index (χ1v) is 9.21. The molecule has 2 aliphatic carbocycles. The van der Waals surface area contributed by atoms with Crippen molar-refractivity contribution in [2.24, 2.45) is 0 Å². The van der Waals surface area contributed by atoms with E-state index in [2.05, 4.69) is 0 Å². The van der Waals surface area contributed by atoms with Crippen LogP contribution < -0.4 is 0 Å². The molecule has 3 heteroatoms. The van der Waals surface area contributed by atoms with E-state index in [1.807, 2.05) is 0 Å². The van der Waals surface area contributed by atoms with Crippen LogP contribution >= 0.6 is 19.5 Å². The van der Waals surface area contributed by atoms with Crippen molar-refractivity contribution in [2.75, 3.05) is 5.88 Å². The molecule has 2 aliphatic rings. The molecule has 2 fully saturated rings. The summed E-state index contributed by atoms with van der Waals surface area (Å²) in [5, 5.41) is 0. The molecule has 0 heterocycles. The summed E-state index contributed by atoms with van der Waals surface area (Å²) in [5.74, 6) is 0.263. The largest absolute Gasteiger partial charge is 0.293 e. The van der Waals surface area contributed by atoms with Crippen molar-refractivity contribution in [1.29, 1.82) is 0 Å². The number of rotatable bonds is 4. The van der Waals surface area contributed by atoms with E-state index in [1.54, 1.807) is 0 Å². The van der Waals surface area contributed by atoms with Gasteiger partial charge in [0.2, 0.25) is 0 Å². The molecule has 98 valence electrons. The molecule has 0 spiro atoms. The zero-order valence-electron chi connectivity index (χ0n) is 10.7. The summed E-state index contributed by atoms with van der Waals surface area (Å²) < 4.78 is 0. The molecule has 17 heavy (non-hydrogen) atoms. The molecule has 0 aliphatic heterocycles. The second kappa shape index (κ2) is 7.10. The van der Waals surface area contributed by atoms with Gasteiger partial charge in [-0.3, -0.25) is 4.79 Å². The molecule has 0 saturated heterocycles. The van der Waals surface area contributed by atoms with E-state index in [9.17, 15) is 4.79 Å². The van der Waals surface area contributed by atoms with Gasteiger partial charge in [-0.1, -0.05) is 38.5 Å². The van der Waals surface area contributed by atoms with Crippen LogP contribution in [0.3, 0.4) is 0 Å². The Morgan fingerprint density at radius 1 is 0.882 bits per heavy atom. The second-order valence-corrected chi connectivity index (χ2v) is 8.56. The Bertz CT molecular complexity index is 227. The van der Waals surface area contributed by atoms with Gasteiger partial charge in [0.25, 0.3) is 0 Å². The fourth-order valence-electron chi connectivity index (χ4n) is 3.49. The van der Waals surface area contributed by atoms with Crippen molar-refractivity contribution >= 4 is 25.0 Å². The minimum atomic E-state index is -0.429. The van der Waals surface area contributed by atoms with Crippen LogP contribution in [0.1, 0.15) is 64.2 Å². The summed E-state index contributed by atoms with van der Waals surface area (Å²) >= 11 is 5.85. The van der Waals surface area contributed by atoms with Gasteiger partial charge >= 0.3 is 0 Å². The first-order valence-electron chi connectivity index (χ1n) is 7.20.